The highest BCUT2D eigenvalue weighted by Gasteiger charge is 2.35. The number of amides is 1. The molecule has 0 aromatic rings. The highest BCUT2D eigenvalue weighted by molar-refractivity contribution is 5.85. The zero-order valence-electron chi connectivity index (χ0n) is 12.6. The lowest BCUT2D eigenvalue weighted by atomic mass is 10.2. The summed E-state index contributed by atoms with van der Waals surface area (Å²) >= 11 is 0. The van der Waals surface area contributed by atoms with E-state index in [0.717, 1.165) is 51.9 Å². The Labute approximate surface area is 140 Å². The zero-order valence-corrected chi connectivity index (χ0v) is 14.2. The summed E-state index contributed by atoms with van der Waals surface area (Å²) in [6.07, 6.45) is 4.61. The Morgan fingerprint density at radius 3 is 2.29 bits per heavy atom. The van der Waals surface area contributed by atoms with Crippen LogP contribution in [-0.4, -0.2) is 73.6 Å². The van der Waals surface area contributed by atoms with Crippen molar-refractivity contribution in [3.05, 3.63) is 0 Å². The van der Waals surface area contributed by atoms with Crippen molar-refractivity contribution < 1.29 is 4.79 Å². The van der Waals surface area contributed by atoms with Crippen molar-refractivity contribution in [2.45, 2.75) is 37.8 Å². The van der Waals surface area contributed by atoms with Gasteiger partial charge in [0.2, 0.25) is 5.91 Å². The number of carbonyl (C=O) groups is 1. The SMILES string of the molecule is Cl.Cl.O=C(CCN(C1CC1)C1CCNC1)N1CCNCC1. The number of halogens is 2. The van der Waals surface area contributed by atoms with Crippen LogP contribution in [0.4, 0.5) is 0 Å². The van der Waals surface area contributed by atoms with Crippen LogP contribution < -0.4 is 10.6 Å². The molecule has 2 saturated heterocycles. The summed E-state index contributed by atoms with van der Waals surface area (Å²) in [5, 5.41) is 6.74. The third-order valence-electron chi connectivity index (χ3n) is 4.57. The summed E-state index contributed by atoms with van der Waals surface area (Å²) in [6.45, 7) is 6.87. The first-order chi connectivity index (χ1) is 9.34. The molecule has 2 heterocycles. The van der Waals surface area contributed by atoms with E-state index in [4.69, 9.17) is 0 Å². The topological polar surface area (TPSA) is 47.6 Å². The van der Waals surface area contributed by atoms with E-state index in [0.29, 0.717) is 18.4 Å². The van der Waals surface area contributed by atoms with Crippen LogP contribution in [0.1, 0.15) is 25.7 Å². The monoisotopic (exact) mass is 338 g/mol. The molecule has 0 spiro atoms. The van der Waals surface area contributed by atoms with E-state index in [1.165, 1.54) is 19.3 Å². The maximum absolute atomic E-state index is 12.2. The molecular weight excluding hydrogens is 311 g/mol. The summed E-state index contributed by atoms with van der Waals surface area (Å²) < 4.78 is 0. The lowest BCUT2D eigenvalue weighted by molar-refractivity contribution is -0.132. The molecule has 2 aliphatic heterocycles. The van der Waals surface area contributed by atoms with Gasteiger partial charge in [0, 0.05) is 57.8 Å². The molecule has 7 heteroatoms. The molecule has 0 bridgehead atoms. The van der Waals surface area contributed by atoms with Crippen LogP contribution in [0.25, 0.3) is 0 Å². The van der Waals surface area contributed by atoms with Crippen LogP contribution >= 0.6 is 24.8 Å². The Hall–Kier alpha value is -0.0700. The number of carbonyl (C=O) groups excluding carboxylic acids is 1. The predicted octanol–water partition coefficient (Wildman–Crippen LogP) is 0.478. The quantitative estimate of drug-likeness (QED) is 0.765. The van der Waals surface area contributed by atoms with Gasteiger partial charge in [-0.2, -0.15) is 0 Å². The molecule has 1 unspecified atom stereocenters. The van der Waals surface area contributed by atoms with Crippen molar-refractivity contribution in [3.63, 3.8) is 0 Å². The second-order valence-corrected chi connectivity index (χ2v) is 6.00. The highest BCUT2D eigenvalue weighted by Crippen LogP contribution is 2.30. The van der Waals surface area contributed by atoms with Gasteiger partial charge in [0.1, 0.15) is 0 Å². The van der Waals surface area contributed by atoms with Crippen molar-refractivity contribution in [2.75, 3.05) is 45.8 Å². The van der Waals surface area contributed by atoms with E-state index in [-0.39, 0.29) is 24.8 Å². The molecule has 1 amide bonds. The normalized spacial score (nSPS) is 25.4. The van der Waals surface area contributed by atoms with E-state index in [1.807, 2.05) is 4.90 Å². The summed E-state index contributed by atoms with van der Waals surface area (Å²) in [5.41, 5.74) is 0. The second kappa shape index (κ2) is 9.16. The molecule has 21 heavy (non-hydrogen) atoms. The Bertz CT molecular complexity index is 316. The molecule has 3 fully saturated rings. The lowest BCUT2D eigenvalue weighted by Gasteiger charge is -2.31. The molecule has 124 valence electrons. The lowest BCUT2D eigenvalue weighted by Crippen LogP contribution is -2.48. The minimum Gasteiger partial charge on any atom is -0.340 e. The zero-order chi connectivity index (χ0) is 13.1. The van der Waals surface area contributed by atoms with Crippen LogP contribution in [0, 0.1) is 0 Å². The van der Waals surface area contributed by atoms with Gasteiger partial charge in [-0.15, -0.1) is 24.8 Å². The van der Waals surface area contributed by atoms with Crippen molar-refractivity contribution in [3.8, 4) is 0 Å². The van der Waals surface area contributed by atoms with Crippen LogP contribution in [0.2, 0.25) is 0 Å². The molecular formula is C14H28Cl2N4O. The van der Waals surface area contributed by atoms with E-state index in [9.17, 15) is 4.79 Å². The number of piperazine rings is 1. The Balaban J connectivity index is 0.00000110. The molecule has 5 nitrogen and oxygen atoms in total. The molecule has 1 atom stereocenters. The molecule has 1 aliphatic carbocycles. The second-order valence-electron chi connectivity index (χ2n) is 6.00. The molecule has 2 N–H and O–H groups in total. The van der Waals surface area contributed by atoms with Crippen molar-refractivity contribution in [2.24, 2.45) is 0 Å². The minimum atomic E-state index is 0. The molecule has 1 saturated carbocycles. The summed E-state index contributed by atoms with van der Waals surface area (Å²) in [7, 11) is 0. The van der Waals surface area contributed by atoms with Crippen molar-refractivity contribution >= 4 is 30.7 Å². The molecule has 3 aliphatic rings. The van der Waals surface area contributed by atoms with Gasteiger partial charge in [0.25, 0.3) is 0 Å². The van der Waals surface area contributed by atoms with E-state index < -0.39 is 0 Å². The van der Waals surface area contributed by atoms with Gasteiger partial charge in [-0.05, 0) is 25.8 Å². The Morgan fingerprint density at radius 2 is 1.71 bits per heavy atom. The third-order valence-corrected chi connectivity index (χ3v) is 4.57. The number of nitrogens with one attached hydrogen (secondary N) is 2. The van der Waals surface area contributed by atoms with Crippen LogP contribution in [0.15, 0.2) is 0 Å². The fraction of sp³-hybridized carbons (Fsp3) is 0.929. The molecule has 0 aromatic heterocycles. The number of hydrogen-bond donors (Lipinski definition) is 2. The van der Waals surface area contributed by atoms with Crippen LogP contribution in [0.5, 0.6) is 0 Å². The van der Waals surface area contributed by atoms with Gasteiger partial charge in [-0.1, -0.05) is 0 Å². The summed E-state index contributed by atoms with van der Waals surface area (Å²) in [5.74, 6) is 0.345. The predicted molar refractivity (Wildman–Crippen MR) is 89.6 cm³/mol. The fourth-order valence-electron chi connectivity index (χ4n) is 3.29. The average Bonchev–Trinajstić information content (AvgIpc) is 3.14. The standard InChI is InChI=1S/C14H26N4O.2ClH/c19-14(17-9-6-15-7-10-17)4-8-18(12-1-2-12)13-3-5-16-11-13;;/h12-13,15-16H,1-11H2;2*1H. The fourth-order valence-corrected chi connectivity index (χ4v) is 3.29. The van der Waals surface area contributed by atoms with E-state index in [1.54, 1.807) is 0 Å². The third kappa shape index (κ3) is 5.25. The Morgan fingerprint density at radius 1 is 1.00 bits per heavy atom. The summed E-state index contributed by atoms with van der Waals surface area (Å²) in [4.78, 5) is 16.8. The number of nitrogens with zero attached hydrogens (tertiary/aromatic N) is 2. The maximum atomic E-state index is 12.2. The first-order valence-corrected chi connectivity index (χ1v) is 7.79. The largest absolute Gasteiger partial charge is 0.340 e. The molecule has 0 aromatic carbocycles. The number of rotatable bonds is 5. The first-order valence-electron chi connectivity index (χ1n) is 7.79. The van der Waals surface area contributed by atoms with Crippen molar-refractivity contribution in [1.82, 2.24) is 20.4 Å². The minimum absolute atomic E-state index is 0. The van der Waals surface area contributed by atoms with Crippen LogP contribution in [-0.2, 0) is 4.79 Å². The first kappa shape index (κ1) is 19.0. The van der Waals surface area contributed by atoms with Gasteiger partial charge in [0.05, 0.1) is 0 Å². The maximum Gasteiger partial charge on any atom is 0.223 e. The number of hydrogen-bond acceptors (Lipinski definition) is 4. The van der Waals surface area contributed by atoms with Crippen molar-refractivity contribution in [1.29, 1.82) is 0 Å². The van der Waals surface area contributed by atoms with Gasteiger partial charge in [-0.3, -0.25) is 9.69 Å². The van der Waals surface area contributed by atoms with E-state index in [2.05, 4.69) is 15.5 Å². The van der Waals surface area contributed by atoms with Crippen LogP contribution in [0.3, 0.4) is 0 Å². The Kier molecular flexibility index (Phi) is 8.27. The molecule has 3 rings (SSSR count). The summed E-state index contributed by atoms with van der Waals surface area (Å²) in [6, 6.07) is 1.43. The van der Waals surface area contributed by atoms with Gasteiger partial charge < -0.3 is 15.5 Å². The van der Waals surface area contributed by atoms with Gasteiger partial charge in [0.15, 0.2) is 0 Å². The van der Waals surface area contributed by atoms with E-state index >= 15 is 0 Å². The smallest absolute Gasteiger partial charge is 0.223 e. The molecule has 0 radical (unpaired) electrons. The average molecular weight is 339 g/mol. The highest BCUT2D eigenvalue weighted by atomic mass is 35.5. The van der Waals surface area contributed by atoms with Gasteiger partial charge in [-0.25, -0.2) is 0 Å². The van der Waals surface area contributed by atoms with Gasteiger partial charge >= 0.3 is 0 Å².